The van der Waals surface area contributed by atoms with Crippen LogP contribution < -0.4 is 0 Å². The summed E-state index contributed by atoms with van der Waals surface area (Å²) in [6, 6.07) is 61.9. The zero-order valence-corrected chi connectivity index (χ0v) is 67.3. The van der Waals surface area contributed by atoms with Crippen LogP contribution in [0.15, 0.2) is 170 Å². The SMILES string of the molecule is CCCCCCCCCCCCc1ccc2c(c1CCCCCCCCCCCC)c(CCCCCCCCCCCC)c(CCCCCCCCCCCC)c1c2c2c(c3ccc4c(C#Cc5ccccc5)c(C#Cc5ccccc5)c(C#Cc5ccccc5)c(C#Cc5ccccc5)c4c31)=c1ccccc1=2. The van der Waals surface area contributed by atoms with E-state index in [4.69, 9.17) is 0 Å². The Morgan fingerprint density at radius 3 is 0.880 bits per heavy atom. The molecule has 0 N–H and O–H groups in total. The van der Waals surface area contributed by atoms with Gasteiger partial charge in [-0.2, -0.15) is 0 Å². The summed E-state index contributed by atoms with van der Waals surface area (Å²) in [4.78, 5) is 0. The maximum absolute atomic E-state index is 4.05. The van der Waals surface area contributed by atoms with Crippen LogP contribution in [-0.4, -0.2) is 0 Å². The zero-order chi connectivity index (χ0) is 74.4. The summed E-state index contributed by atoms with van der Waals surface area (Å²) in [6.45, 7) is 9.36. The lowest BCUT2D eigenvalue weighted by atomic mass is 9.77. The van der Waals surface area contributed by atoms with E-state index in [1.165, 1.54) is 298 Å². The number of hydrogen-bond acceptors (Lipinski definition) is 0. The number of fused-ring (bicyclic) bond motifs is 11. The molecule has 0 unspecified atom stereocenters. The summed E-state index contributed by atoms with van der Waals surface area (Å²) in [5, 5.41) is 16.4. The van der Waals surface area contributed by atoms with Crippen LogP contribution in [0.5, 0.6) is 0 Å². The highest BCUT2D eigenvalue weighted by Gasteiger charge is 2.28. The van der Waals surface area contributed by atoms with E-state index in [1.807, 2.05) is 0 Å². The van der Waals surface area contributed by atoms with Gasteiger partial charge in [-0.1, -0.05) is 428 Å². The Hall–Kier alpha value is -8.52. The zero-order valence-electron chi connectivity index (χ0n) is 67.3. The van der Waals surface area contributed by atoms with Crippen LogP contribution in [0.3, 0.4) is 0 Å². The van der Waals surface area contributed by atoms with Gasteiger partial charge in [-0.25, -0.2) is 0 Å². The van der Waals surface area contributed by atoms with Gasteiger partial charge in [-0.05, 0) is 175 Å². The summed E-state index contributed by atoms with van der Waals surface area (Å²) in [5.74, 6) is 30.8. The maximum atomic E-state index is 4.05. The van der Waals surface area contributed by atoms with Gasteiger partial charge in [0, 0.05) is 38.6 Å². The van der Waals surface area contributed by atoms with Crippen LogP contribution in [0.2, 0.25) is 0 Å². The molecular formula is C108H128. The molecule has 0 saturated heterocycles. The highest BCUT2D eigenvalue weighted by molar-refractivity contribution is 6.29. The van der Waals surface area contributed by atoms with Crippen molar-refractivity contribution in [3.8, 4) is 47.4 Å². The Labute approximate surface area is 653 Å². The molecule has 0 nitrogen and oxygen atoms in total. The molecule has 108 heavy (non-hydrogen) atoms. The van der Waals surface area contributed by atoms with Crippen molar-refractivity contribution < 1.29 is 0 Å². The van der Waals surface area contributed by atoms with Crippen molar-refractivity contribution in [1.29, 1.82) is 0 Å². The molecule has 0 saturated carbocycles. The van der Waals surface area contributed by atoms with Crippen molar-refractivity contribution >= 4 is 43.1 Å². The van der Waals surface area contributed by atoms with Gasteiger partial charge < -0.3 is 0 Å². The van der Waals surface area contributed by atoms with Crippen LogP contribution in [0.25, 0.3) is 43.1 Å². The van der Waals surface area contributed by atoms with Gasteiger partial charge in [0.1, 0.15) is 0 Å². The molecule has 0 heterocycles. The normalized spacial score (nSPS) is 11.4. The fourth-order valence-corrected chi connectivity index (χ4v) is 17.5. The van der Waals surface area contributed by atoms with Gasteiger partial charge >= 0.3 is 0 Å². The molecule has 1 aliphatic carbocycles. The first-order valence-electron chi connectivity index (χ1n) is 44.0. The quantitative estimate of drug-likeness (QED) is 0.0203. The smallest absolute Gasteiger partial charge is 0.0581 e. The fraction of sp³-hybridized carbons (Fsp3) is 0.444. The molecule has 0 heteroatoms. The highest BCUT2D eigenvalue weighted by atomic mass is 14.3. The van der Waals surface area contributed by atoms with E-state index in [0.717, 1.165) is 87.4 Å². The molecule has 10 aromatic rings. The van der Waals surface area contributed by atoms with Gasteiger partial charge in [-0.3, -0.25) is 0 Å². The van der Waals surface area contributed by atoms with E-state index >= 15 is 0 Å². The highest BCUT2D eigenvalue weighted by Crippen LogP contribution is 2.48. The molecule has 0 aromatic heterocycles. The largest absolute Gasteiger partial charge is 0.0654 e. The summed E-state index contributed by atoms with van der Waals surface area (Å²) < 4.78 is 0. The average molecular weight is 1430 g/mol. The van der Waals surface area contributed by atoms with Crippen molar-refractivity contribution in [2.45, 2.75) is 310 Å². The fourth-order valence-electron chi connectivity index (χ4n) is 17.5. The second-order valence-corrected chi connectivity index (χ2v) is 31.7. The van der Waals surface area contributed by atoms with Crippen molar-refractivity contribution in [3.63, 3.8) is 0 Å². The van der Waals surface area contributed by atoms with E-state index in [1.54, 1.807) is 27.6 Å². The Morgan fingerprint density at radius 1 is 0.185 bits per heavy atom. The minimum Gasteiger partial charge on any atom is -0.0654 e. The second-order valence-electron chi connectivity index (χ2n) is 31.7. The van der Waals surface area contributed by atoms with Gasteiger partial charge in [0.2, 0.25) is 0 Å². The minimum atomic E-state index is 0.817. The standard InChI is InChI=1S/C108H128/c1-5-9-13-17-21-25-29-33-37-53-67-89-77-82-100-102(90(89)68-54-38-34-30-26-22-18-14-10-6-2)94(69-55-39-35-31-27-23-19-15-11-7-3)96(70-56-40-36-32-28-24-20-16-12-8-4)106-107-101(104-95-71-57-58-72-97(95)105(104)108(100)106)84-83-99-93(80-75-87-63-49-43-50-64-87)91(78-73-85-59-45-41-46-60-85)92(79-74-86-61-47-42-48-62-86)98(103(99)107)81-76-88-65-51-44-52-66-88/h41-52,57-66,71-72,77,82-84H,5-40,53-56,67-70H2,1-4H3. The summed E-state index contributed by atoms with van der Waals surface area (Å²) in [6.07, 6.45) is 57.8. The number of rotatable bonds is 44. The third-order valence-electron chi connectivity index (χ3n) is 23.4. The molecule has 0 atom stereocenters. The average Bonchev–Trinajstić information content (AvgIpc) is 0.673. The van der Waals surface area contributed by atoms with Gasteiger partial charge in [-0.15, -0.1) is 0 Å². The van der Waals surface area contributed by atoms with Crippen LogP contribution in [-0.2, 0) is 25.7 Å². The summed E-state index contributed by atoms with van der Waals surface area (Å²) >= 11 is 0. The van der Waals surface area contributed by atoms with Crippen molar-refractivity contribution in [2.75, 3.05) is 0 Å². The van der Waals surface area contributed by atoms with E-state index in [-0.39, 0.29) is 0 Å². The first-order chi connectivity index (χ1) is 53.6. The second kappa shape index (κ2) is 45.5. The van der Waals surface area contributed by atoms with E-state index in [0.29, 0.717) is 0 Å². The molecule has 560 valence electrons. The van der Waals surface area contributed by atoms with E-state index in [9.17, 15) is 0 Å². The number of benzene rings is 10. The lowest BCUT2D eigenvalue weighted by molar-refractivity contribution is 0.553. The first-order valence-corrected chi connectivity index (χ1v) is 44.0. The molecule has 1 aliphatic rings. The molecule has 0 radical (unpaired) electrons. The van der Waals surface area contributed by atoms with Crippen LogP contribution in [0, 0.1) is 68.2 Å². The van der Waals surface area contributed by atoms with Crippen molar-refractivity contribution in [3.05, 3.63) is 257 Å². The van der Waals surface area contributed by atoms with Crippen molar-refractivity contribution in [2.24, 2.45) is 0 Å². The number of aryl methyl sites for hydroxylation is 4. The predicted molar refractivity (Wildman–Crippen MR) is 470 cm³/mol. The Bertz CT molecular complexity index is 4930. The lowest BCUT2D eigenvalue weighted by Crippen LogP contribution is -2.08. The van der Waals surface area contributed by atoms with Crippen LogP contribution >= 0.6 is 0 Å². The molecule has 0 bridgehead atoms. The van der Waals surface area contributed by atoms with Gasteiger partial charge in [0.25, 0.3) is 0 Å². The molecule has 11 rings (SSSR count). The van der Waals surface area contributed by atoms with Gasteiger partial charge in [0.05, 0.1) is 16.7 Å². The van der Waals surface area contributed by atoms with E-state index < -0.39 is 0 Å². The molecule has 0 amide bonds. The van der Waals surface area contributed by atoms with Crippen LogP contribution in [0.1, 0.15) is 351 Å². The van der Waals surface area contributed by atoms with Crippen molar-refractivity contribution in [1.82, 2.24) is 0 Å². The molecule has 0 spiro atoms. The third kappa shape index (κ3) is 22.6. The molecule has 0 aliphatic heterocycles. The first kappa shape index (κ1) is 80.5. The summed E-state index contributed by atoms with van der Waals surface area (Å²) in [5.41, 5.74) is 13.9. The third-order valence-corrected chi connectivity index (χ3v) is 23.4. The minimum absolute atomic E-state index is 0.817. The molecule has 0 fully saturated rings. The Kier molecular flexibility index (Phi) is 33.9. The lowest BCUT2D eigenvalue weighted by Gasteiger charge is -2.26. The number of unbranched alkanes of at least 4 members (excludes halogenated alkanes) is 36. The predicted octanol–water partition coefficient (Wildman–Crippen LogP) is 30.6. The van der Waals surface area contributed by atoms with Gasteiger partial charge in [0.15, 0.2) is 0 Å². The Morgan fingerprint density at radius 2 is 0.481 bits per heavy atom. The summed E-state index contributed by atoms with van der Waals surface area (Å²) in [7, 11) is 0. The molecule has 10 aromatic carbocycles. The monoisotopic (exact) mass is 1430 g/mol. The van der Waals surface area contributed by atoms with Crippen LogP contribution in [0.4, 0.5) is 0 Å². The number of hydrogen-bond donors (Lipinski definition) is 0. The Balaban J connectivity index is 1.23. The molecular weight excluding hydrogens is 1300 g/mol. The topological polar surface area (TPSA) is 0 Å². The maximum Gasteiger partial charge on any atom is 0.0581 e. The van der Waals surface area contributed by atoms with E-state index in [2.05, 4.69) is 245 Å².